The number of rotatable bonds is 5. The average Bonchev–Trinajstić information content (AvgIpc) is 2.46. The predicted molar refractivity (Wildman–Crippen MR) is 86.0 cm³/mol. The number of hydrogen-bond acceptors (Lipinski definition) is 3. The molecule has 0 saturated heterocycles. The van der Waals surface area contributed by atoms with Crippen LogP contribution in [0.4, 0.5) is 0 Å². The Morgan fingerprint density at radius 3 is 2.50 bits per heavy atom. The summed E-state index contributed by atoms with van der Waals surface area (Å²) in [5.41, 5.74) is 5.36. The zero-order chi connectivity index (χ0) is 15.3. The predicted octanol–water partition coefficient (Wildman–Crippen LogP) is 3.25. The van der Waals surface area contributed by atoms with Crippen molar-refractivity contribution in [3.8, 4) is 0 Å². The molecule has 1 rings (SSSR count). The molecule has 20 heavy (non-hydrogen) atoms. The number of halogens is 2. The third-order valence-electron chi connectivity index (χ3n) is 3.33. The Morgan fingerprint density at radius 2 is 2.00 bits per heavy atom. The zero-order valence-corrected chi connectivity index (χ0v) is 14.5. The second-order valence-corrected chi connectivity index (χ2v) is 6.12. The molecule has 0 spiro atoms. The molecule has 0 radical (unpaired) electrons. The molecule has 5 nitrogen and oxygen atoms in total. The van der Waals surface area contributed by atoms with Crippen LogP contribution in [-0.4, -0.2) is 22.5 Å². The van der Waals surface area contributed by atoms with Crippen molar-refractivity contribution < 1.29 is 10.0 Å². The molecular formula is C13H17Br2N3O2. The smallest absolute Gasteiger partial charge is 0.253 e. The number of hydrogen-bond donors (Lipinski definition) is 3. The molecule has 0 aromatic heterocycles. The minimum absolute atomic E-state index is 0.00182. The molecule has 4 N–H and O–H groups in total. The number of amides is 1. The highest BCUT2D eigenvalue weighted by Gasteiger charge is 2.33. The number of nitrogens with one attached hydrogen (secondary N) is 1. The molecule has 0 atom stereocenters. The quantitative estimate of drug-likeness (QED) is 0.303. The molecule has 1 aromatic carbocycles. The number of benzene rings is 1. The number of nitrogens with zero attached hydrogens (tertiary/aromatic N) is 1. The summed E-state index contributed by atoms with van der Waals surface area (Å²) < 4.78 is 1.48. The number of carbonyl (C=O) groups excluding carboxylic acids is 1. The van der Waals surface area contributed by atoms with Gasteiger partial charge in [-0.15, -0.1) is 0 Å². The first-order valence-corrected chi connectivity index (χ1v) is 7.74. The van der Waals surface area contributed by atoms with Gasteiger partial charge >= 0.3 is 0 Å². The fourth-order valence-corrected chi connectivity index (χ4v) is 2.69. The van der Waals surface area contributed by atoms with Crippen molar-refractivity contribution in [1.29, 1.82) is 0 Å². The molecule has 0 fully saturated rings. The Morgan fingerprint density at radius 1 is 1.40 bits per heavy atom. The van der Waals surface area contributed by atoms with Gasteiger partial charge in [-0.1, -0.05) is 34.9 Å². The monoisotopic (exact) mass is 405 g/mol. The van der Waals surface area contributed by atoms with Crippen molar-refractivity contribution in [2.75, 3.05) is 0 Å². The van der Waals surface area contributed by atoms with E-state index in [1.807, 2.05) is 19.9 Å². The first-order chi connectivity index (χ1) is 9.40. The normalized spacial score (nSPS) is 12.3. The highest BCUT2D eigenvalue weighted by atomic mass is 79.9. The third kappa shape index (κ3) is 3.52. The fraction of sp³-hybridized carbons (Fsp3) is 0.385. The Kier molecular flexibility index (Phi) is 6.01. The van der Waals surface area contributed by atoms with Gasteiger partial charge in [-0.3, -0.25) is 4.79 Å². The molecule has 110 valence electrons. The van der Waals surface area contributed by atoms with E-state index >= 15 is 0 Å². The summed E-state index contributed by atoms with van der Waals surface area (Å²) in [5, 5.41) is 14.8. The van der Waals surface area contributed by atoms with E-state index in [-0.39, 0.29) is 11.7 Å². The van der Waals surface area contributed by atoms with Crippen LogP contribution in [0.25, 0.3) is 0 Å². The van der Waals surface area contributed by atoms with Gasteiger partial charge in [-0.25, -0.2) is 0 Å². The lowest BCUT2D eigenvalue weighted by Gasteiger charge is -2.31. The van der Waals surface area contributed by atoms with Crippen molar-refractivity contribution in [2.24, 2.45) is 10.9 Å². The van der Waals surface area contributed by atoms with Crippen LogP contribution in [0.2, 0.25) is 0 Å². The summed E-state index contributed by atoms with van der Waals surface area (Å²) >= 11 is 6.68. The molecule has 7 heteroatoms. The lowest BCUT2D eigenvalue weighted by molar-refractivity contribution is 0.0917. The Balaban J connectivity index is 3.12. The second-order valence-electron chi connectivity index (χ2n) is 4.35. The molecule has 1 aromatic rings. The maximum absolute atomic E-state index is 12.4. The van der Waals surface area contributed by atoms with Gasteiger partial charge in [0.15, 0.2) is 5.84 Å². The van der Waals surface area contributed by atoms with Crippen molar-refractivity contribution in [2.45, 2.75) is 32.2 Å². The molecule has 0 bridgehead atoms. The van der Waals surface area contributed by atoms with Crippen LogP contribution >= 0.6 is 31.9 Å². The van der Waals surface area contributed by atoms with Crippen LogP contribution in [0.15, 0.2) is 32.3 Å². The van der Waals surface area contributed by atoms with Gasteiger partial charge in [0, 0.05) is 8.95 Å². The van der Waals surface area contributed by atoms with Gasteiger partial charge in [-0.2, -0.15) is 0 Å². The molecule has 0 unspecified atom stereocenters. The van der Waals surface area contributed by atoms with Gasteiger partial charge in [0.25, 0.3) is 5.91 Å². The molecule has 0 heterocycles. The first-order valence-electron chi connectivity index (χ1n) is 6.15. The Labute approximate surface area is 134 Å². The van der Waals surface area contributed by atoms with E-state index < -0.39 is 5.54 Å². The van der Waals surface area contributed by atoms with E-state index in [9.17, 15) is 4.79 Å². The number of nitrogens with two attached hydrogens (primary N) is 1. The number of oxime groups is 1. The minimum Gasteiger partial charge on any atom is -0.409 e. The summed E-state index contributed by atoms with van der Waals surface area (Å²) in [7, 11) is 0. The highest BCUT2D eigenvalue weighted by Crippen LogP contribution is 2.23. The van der Waals surface area contributed by atoms with Crippen LogP contribution in [0, 0.1) is 0 Å². The van der Waals surface area contributed by atoms with Crippen molar-refractivity contribution in [3.05, 3.63) is 32.7 Å². The second kappa shape index (κ2) is 7.08. The molecule has 0 aliphatic carbocycles. The van der Waals surface area contributed by atoms with Crippen LogP contribution in [0.1, 0.15) is 37.0 Å². The summed E-state index contributed by atoms with van der Waals surface area (Å²) in [6.45, 7) is 3.75. The van der Waals surface area contributed by atoms with Crippen molar-refractivity contribution in [3.63, 3.8) is 0 Å². The first kappa shape index (κ1) is 17.0. The van der Waals surface area contributed by atoms with Crippen LogP contribution in [0.3, 0.4) is 0 Å². The van der Waals surface area contributed by atoms with Gasteiger partial charge in [0.2, 0.25) is 0 Å². The lowest BCUT2D eigenvalue weighted by Crippen LogP contribution is -2.56. The van der Waals surface area contributed by atoms with Crippen LogP contribution in [0.5, 0.6) is 0 Å². The topological polar surface area (TPSA) is 87.7 Å². The van der Waals surface area contributed by atoms with E-state index in [4.69, 9.17) is 10.9 Å². The summed E-state index contributed by atoms with van der Waals surface area (Å²) in [4.78, 5) is 12.4. The van der Waals surface area contributed by atoms with Crippen molar-refractivity contribution in [1.82, 2.24) is 5.32 Å². The molecule has 0 aliphatic rings. The maximum atomic E-state index is 12.4. The standard InChI is InChI=1S/C13H17Br2N3O2/c1-3-13(4-2,12(16)18-20)17-11(19)9-7-8(14)5-6-10(9)15/h5-7,20H,3-4H2,1-2H3,(H2,16,18)(H,17,19). The Hall–Kier alpha value is -1.08. The van der Waals surface area contributed by atoms with Gasteiger partial charge in [-0.05, 0) is 47.0 Å². The van der Waals surface area contributed by atoms with Gasteiger partial charge in [0.05, 0.1) is 5.56 Å². The van der Waals surface area contributed by atoms with E-state index in [1.54, 1.807) is 12.1 Å². The average molecular weight is 407 g/mol. The van der Waals surface area contributed by atoms with Gasteiger partial charge in [0.1, 0.15) is 5.54 Å². The van der Waals surface area contributed by atoms with Crippen LogP contribution < -0.4 is 11.1 Å². The molecule has 0 aliphatic heterocycles. The highest BCUT2D eigenvalue weighted by molar-refractivity contribution is 9.11. The van der Waals surface area contributed by atoms with E-state index in [0.29, 0.717) is 22.9 Å². The van der Waals surface area contributed by atoms with E-state index in [2.05, 4.69) is 42.3 Å². The van der Waals surface area contributed by atoms with E-state index in [0.717, 1.165) is 4.47 Å². The molecular weight excluding hydrogens is 390 g/mol. The number of carbonyl (C=O) groups is 1. The lowest BCUT2D eigenvalue weighted by atomic mass is 9.91. The molecule has 0 saturated carbocycles. The SMILES string of the molecule is CCC(CC)(NC(=O)c1cc(Br)ccc1Br)/C(N)=N/O. The number of amidine groups is 1. The summed E-state index contributed by atoms with van der Waals surface area (Å²) in [6, 6.07) is 5.32. The fourth-order valence-electron chi connectivity index (χ4n) is 1.90. The molecule has 1 amide bonds. The van der Waals surface area contributed by atoms with Crippen LogP contribution in [-0.2, 0) is 0 Å². The van der Waals surface area contributed by atoms with E-state index in [1.165, 1.54) is 0 Å². The largest absolute Gasteiger partial charge is 0.409 e. The maximum Gasteiger partial charge on any atom is 0.253 e. The Bertz CT molecular complexity index is 528. The minimum atomic E-state index is -0.854. The van der Waals surface area contributed by atoms with Crippen molar-refractivity contribution >= 4 is 43.6 Å². The third-order valence-corrected chi connectivity index (χ3v) is 4.52. The van der Waals surface area contributed by atoms with Gasteiger partial charge < -0.3 is 16.3 Å². The summed E-state index contributed by atoms with van der Waals surface area (Å²) in [6.07, 6.45) is 1.05. The summed E-state index contributed by atoms with van der Waals surface area (Å²) in [5.74, 6) is -0.282. The zero-order valence-electron chi connectivity index (χ0n) is 11.3.